The molecule has 2 rings (SSSR count). The molecule has 2 heterocycles. The van der Waals surface area contributed by atoms with Crippen LogP contribution < -0.4 is 5.32 Å². The van der Waals surface area contributed by atoms with E-state index in [2.05, 4.69) is 5.32 Å². The van der Waals surface area contributed by atoms with Gasteiger partial charge in [-0.05, 0) is 40.0 Å². The maximum Gasteiger partial charge on any atom is 0.249 e. The van der Waals surface area contributed by atoms with E-state index >= 15 is 0 Å². The minimum atomic E-state index is -0.788. The predicted octanol–water partition coefficient (Wildman–Crippen LogP) is 1.07. The molecule has 0 aromatic carbocycles. The van der Waals surface area contributed by atoms with Gasteiger partial charge in [0.05, 0.1) is 12.1 Å². The van der Waals surface area contributed by atoms with Crippen LogP contribution in [-0.2, 0) is 14.3 Å². The van der Waals surface area contributed by atoms with Crippen LogP contribution in [-0.4, -0.2) is 47.0 Å². The maximum atomic E-state index is 12.8. The van der Waals surface area contributed by atoms with Crippen LogP contribution in [0.3, 0.4) is 0 Å². The summed E-state index contributed by atoms with van der Waals surface area (Å²) in [5, 5.41) is 2.86. The van der Waals surface area contributed by atoms with Crippen molar-refractivity contribution in [3.63, 3.8) is 0 Å². The Hall–Kier alpha value is -1.10. The Bertz CT molecular complexity index is 390. The van der Waals surface area contributed by atoms with Crippen molar-refractivity contribution >= 4 is 11.8 Å². The lowest BCUT2D eigenvalue weighted by atomic mass is 9.84. The summed E-state index contributed by atoms with van der Waals surface area (Å²) in [7, 11) is 0. The summed E-state index contributed by atoms with van der Waals surface area (Å²) in [6.45, 7) is 8.79. The molecule has 3 unspecified atom stereocenters. The van der Waals surface area contributed by atoms with Crippen LogP contribution in [0.4, 0.5) is 0 Å². The van der Waals surface area contributed by atoms with Crippen LogP contribution in [0.25, 0.3) is 0 Å². The third kappa shape index (κ3) is 2.24. The number of carbonyl (C=O) groups is 2. The number of ether oxygens (including phenoxy) is 1. The molecule has 2 saturated heterocycles. The molecule has 3 atom stereocenters. The van der Waals surface area contributed by atoms with Crippen molar-refractivity contribution in [3.05, 3.63) is 0 Å². The highest BCUT2D eigenvalue weighted by Gasteiger charge is 2.51. The van der Waals surface area contributed by atoms with Crippen molar-refractivity contribution < 1.29 is 14.3 Å². The van der Waals surface area contributed by atoms with E-state index in [-0.39, 0.29) is 17.4 Å². The van der Waals surface area contributed by atoms with Crippen LogP contribution >= 0.6 is 0 Å². The Morgan fingerprint density at radius 3 is 2.63 bits per heavy atom. The first-order chi connectivity index (χ1) is 8.84. The molecule has 2 aliphatic heterocycles. The fraction of sp³-hybridized carbons (Fsp3) is 0.857. The molecule has 0 spiro atoms. The van der Waals surface area contributed by atoms with Gasteiger partial charge in [0, 0.05) is 6.61 Å². The molecule has 0 radical (unpaired) electrons. The minimum Gasteiger partial charge on any atom is -0.379 e. The van der Waals surface area contributed by atoms with Gasteiger partial charge in [-0.15, -0.1) is 0 Å². The van der Waals surface area contributed by atoms with Gasteiger partial charge >= 0.3 is 0 Å². The van der Waals surface area contributed by atoms with Crippen molar-refractivity contribution in [3.8, 4) is 0 Å². The number of hydrogen-bond donors (Lipinski definition) is 1. The Balaban J connectivity index is 2.35. The van der Waals surface area contributed by atoms with Crippen molar-refractivity contribution in [1.29, 1.82) is 0 Å². The van der Waals surface area contributed by atoms with Crippen LogP contribution in [0.15, 0.2) is 0 Å². The number of nitrogens with one attached hydrogen (secondary N) is 1. The molecule has 2 fully saturated rings. The van der Waals surface area contributed by atoms with Crippen LogP contribution in [0.1, 0.15) is 47.0 Å². The minimum absolute atomic E-state index is 0.00935. The van der Waals surface area contributed by atoms with Gasteiger partial charge in [-0.1, -0.05) is 6.92 Å². The quantitative estimate of drug-likeness (QED) is 0.815. The molecule has 2 aliphatic rings. The van der Waals surface area contributed by atoms with Gasteiger partial charge in [0.15, 0.2) is 0 Å². The molecule has 108 valence electrons. The summed E-state index contributed by atoms with van der Waals surface area (Å²) in [6.07, 6.45) is 2.41. The first-order valence-corrected chi connectivity index (χ1v) is 7.07. The van der Waals surface area contributed by atoms with E-state index in [0.717, 1.165) is 19.4 Å². The largest absolute Gasteiger partial charge is 0.379 e. The second kappa shape index (κ2) is 4.78. The molecule has 0 aromatic rings. The zero-order valence-corrected chi connectivity index (χ0v) is 12.3. The molecule has 0 aliphatic carbocycles. The topological polar surface area (TPSA) is 58.6 Å². The first-order valence-electron chi connectivity index (χ1n) is 7.07. The average Bonchev–Trinajstić information content (AvgIpc) is 2.37. The third-order valence-corrected chi connectivity index (χ3v) is 4.56. The van der Waals surface area contributed by atoms with E-state index in [1.165, 1.54) is 0 Å². The molecular formula is C14H24N2O3. The van der Waals surface area contributed by atoms with Gasteiger partial charge in [-0.3, -0.25) is 9.59 Å². The molecule has 19 heavy (non-hydrogen) atoms. The number of amides is 2. The average molecular weight is 268 g/mol. The first kappa shape index (κ1) is 14.3. The lowest BCUT2D eigenvalue weighted by Gasteiger charge is -2.52. The second-order valence-corrected chi connectivity index (χ2v) is 6.18. The number of hydrogen-bond acceptors (Lipinski definition) is 3. The normalized spacial score (nSPS) is 40.2. The van der Waals surface area contributed by atoms with Gasteiger partial charge in [0.2, 0.25) is 11.8 Å². The van der Waals surface area contributed by atoms with Gasteiger partial charge in [0.25, 0.3) is 0 Å². The molecular weight excluding hydrogens is 244 g/mol. The molecule has 1 N–H and O–H groups in total. The summed E-state index contributed by atoms with van der Waals surface area (Å²) in [5.74, 6) is -0.0640. The Morgan fingerprint density at radius 2 is 2.11 bits per heavy atom. The SMILES string of the molecule is CCC1(C)NC(=O)C(C)N(C2(C)CCCOC2)C1=O. The summed E-state index contributed by atoms with van der Waals surface area (Å²) in [4.78, 5) is 26.7. The Morgan fingerprint density at radius 1 is 1.42 bits per heavy atom. The summed E-state index contributed by atoms with van der Waals surface area (Å²) in [6, 6.07) is -0.432. The lowest BCUT2D eigenvalue weighted by molar-refractivity contribution is -0.167. The van der Waals surface area contributed by atoms with Crippen LogP contribution in [0, 0.1) is 0 Å². The maximum absolute atomic E-state index is 12.8. The smallest absolute Gasteiger partial charge is 0.249 e. The van der Waals surface area contributed by atoms with Crippen LogP contribution in [0.5, 0.6) is 0 Å². The van der Waals surface area contributed by atoms with E-state index in [9.17, 15) is 9.59 Å². The Kier molecular flexibility index (Phi) is 3.60. The third-order valence-electron chi connectivity index (χ3n) is 4.56. The summed E-state index contributed by atoms with van der Waals surface area (Å²) < 4.78 is 5.55. The molecule has 0 bridgehead atoms. The second-order valence-electron chi connectivity index (χ2n) is 6.18. The van der Waals surface area contributed by atoms with E-state index in [0.29, 0.717) is 13.0 Å². The number of piperazine rings is 1. The predicted molar refractivity (Wildman–Crippen MR) is 71.6 cm³/mol. The number of carbonyl (C=O) groups excluding carboxylic acids is 2. The highest BCUT2D eigenvalue weighted by atomic mass is 16.5. The lowest BCUT2D eigenvalue weighted by Crippen LogP contribution is -2.73. The Labute approximate surface area is 114 Å². The molecule has 5 heteroatoms. The van der Waals surface area contributed by atoms with E-state index in [1.54, 1.807) is 18.7 Å². The molecule has 2 amide bonds. The van der Waals surface area contributed by atoms with Gasteiger partial charge in [-0.25, -0.2) is 0 Å². The zero-order chi connectivity index (χ0) is 14.3. The fourth-order valence-electron chi connectivity index (χ4n) is 3.05. The highest BCUT2D eigenvalue weighted by molar-refractivity contribution is 5.99. The van der Waals surface area contributed by atoms with E-state index in [4.69, 9.17) is 4.74 Å². The molecule has 0 saturated carbocycles. The van der Waals surface area contributed by atoms with Crippen molar-refractivity contribution in [2.24, 2.45) is 0 Å². The standard InChI is InChI=1S/C14H24N2O3/c1-5-14(4)12(18)16(10(2)11(17)15-14)13(3)7-6-8-19-9-13/h10H,5-9H2,1-4H3,(H,15,17). The van der Waals surface area contributed by atoms with Crippen molar-refractivity contribution in [2.75, 3.05) is 13.2 Å². The van der Waals surface area contributed by atoms with Crippen molar-refractivity contribution in [2.45, 2.75) is 64.1 Å². The van der Waals surface area contributed by atoms with E-state index in [1.807, 2.05) is 13.8 Å². The zero-order valence-electron chi connectivity index (χ0n) is 12.3. The monoisotopic (exact) mass is 268 g/mol. The van der Waals surface area contributed by atoms with E-state index < -0.39 is 11.6 Å². The van der Waals surface area contributed by atoms with Crippen molar-refractivity contribution in [1.82, 2.24) is 10.2 Å². The van der Waals surface area contributed by atoms with Gasteiger partial charge < -0.3 is 15.0 Å². The molecule has 5 nitrogen and oxygen atoms in total. The summed E-state index contributed by atoms with van der Waals surface area (Å²) in [5.41, 5.74) is -1.16. The number of rotatable bonds is 2. The summed E-state index contributed by atoms with van der Waals surface area (Å²) >= 11 is 0. The number of nitrogens with zero attached hydrogens (tertiary/aromatic N) is 1. The molecule has 0 aromatic heterocycles. The highest BCUT2D eigenvalue weighted by Crippen LogP contribution is 2.33. The van der Waals surface area contributed by atoms with Crippen LogP contribution in [0.2, 0.25) is 0 Å². The fourth-order valence-corrected chi connectivity index (χ4v) is 3.05. The van der Waals surface area contributed by atoms with Gasteiger partial charge in [0.1, 0.15) is 11.6 Å². The van der Waals surface area contributed by atoms with Gasteiger partial charge in [-0.2, -0.15) is 0 Å².